The van der Waals surface area contributed by atoms with Crippen molar-refractivity contribution in [1.29, 1.82) is 0 Å². The maximum Gasteiger partial charge on any atom is 0.333 e. The van der Waals surface area contributed by atoms with Crippen molar-refractivity contribution in [2.24, 2.45) is 11.8 Å². The fourth-order valence-electron chi connectivity index (χ4n) is 3.01. The van der Waals surface area contributed by atoms with Crippen LogP contribution in [0.4, 0.5) is 0 Å². The van der Waals surface area contributed by atoms with Crippen LogP contribution in [0.3, 0.4) is 0 Å². The van der Waals surface area contributed by atoms with E-state index >= 15 is 0 Å². The third kappa shape index (κ3) is 8.16. The Kier molecular flexibility index (Phi) is 10.6. The number of rotatable bonds is 10. The van der Waals surface area contributed by atoms with Gasteiger partial charge < -0.3 is 18.9 Å². The van der Waals surface area contributed by atoms with Gasteiger partial charge >= 0.3 is 23.9 Å². The van der Waals surface area contributed by atoms with Crippen LogP contribution >= 0.6 is 0 Å². The van der Waals surface area contributed by atoms with E-state index in [2.05, 4.69) is 0 Å². The Bertz CT molecular complexity index is 654. The van der Waals surface area contributed by atoms with Crippen LogP contribution in [-0.2, 0) is 38.1 Å². The molecule has 8 nitrogen and oxygen atoms in total. The summed E-state index contributed by atoms with van der Waals surface area (Å²) >= 11 is 0. The first kappa shape index (κ1) is 25.7. The van der Waals surface area contributed by atoms with Crippen LogP contribution in [-0.4, -0.2) is 49.3 Å². The zero-order valence-corrected chi connectivity index (χ0v) is 18.8. The quantitative estimate of drug-likeness (QED) is 0.388. The maximum absolute atomic E-state index is 12.4. The number of carbonyl (C=O) groups excluding carboxylic acids is 4. The zero-order valence-electron chi connectivity index (χ0n) is 18.8. The lowest BCUT2D eigenvalue weighted by Gasteiger charge is -2.35. The summed E-state index contributed by atoms with van der Waals surface area (Å²) < 4.78 is 21.2. The summed E-state index contributed by atoms with van der Waals surface area (Å²) in [5.74, 6) is -1.96. The number of methoxy groups -OCH3 is 1. The number of ether oxygens (including phenoxy) is 4. The highest BCUT2D eigenvalue weighted by Gasteiger charge is 2.42. The van der Waals surface area contributed by atoms with Gasteiger partial charge in [0, 0.05) is 31.8 Å². The van der Waals surface area contributed by atoms with Crippen molar-refractivity contribution in [2.45, 2.75) is 85.0 Å². The zero-order chi connectivity index (χ0) is 22.8. The van der Waals surface area contributed by atoms with Gasteiger partial charge in [0.25, 0.3) is 0 Å². The Morgan fingerprint density at radius 3 is 1.97 bits per heavy atom. The minimum absolute atomic E-state index is 0.00202. The second kappa shape index (κ2) is 12.3. The second-order valence-corrected chi connectivity index (χ2v) is 7.88. The van der Waals surface area contributed by atoms with Crippen molar-refractivity contribution in [3.8, 4) is 0 Å². The lowest BCUT2D eigenvalue weighted by molar-refractivity contribution is -0.183. The van der Waals surface area contributed by atoms with Crippen molar-refractivity contribution in [3.63, 3.8) is 0 Å². The average molecular weight is 427 g/mol. The normalized spacial score (nSPS) is 22.9. The molecule has 0 saturated carbocycles. The molecule has 1 rings (SSSR count). The van der Waals surface area contributed by atoms with Crippen molar-refractivity contribution in [3.05, 3.63) is 11.6 Å². The fraction of sp³-hybridized carbons (Fsp3) is 0.727. The summed E-state index contributed by atoms with van der Waals surface area (Å²) in [6.45, 7) is 8.98. The molecule has 0 aliphatic heterocycles. The molecule has 0 aromatic rings. The highest BCUT2D eigenvalue weighted by molar-refractivity contribution is 5.89. The largest absolute Gasteiger partial charge is 0.466 e. The molecule has 0 N–H and O–H groups in total. The summed E-state index contributed by atoms with van der Waals surface area (Å²) in [6, 6.07) is 0. The Morgan fingerprint density at radius 2 is 1.50 bits per heavy atom. The molecule has 0 spiro atoms. The van der Waals surface area contributed by atoms with E-state index in [0.29, 0.717) is 0 Å². The van der Waals surface area contributed by atoms with Gasteiger partial charge in [0.1, 0.15) is 6.10 Å². The molecule has 1 aliphatic rings. The van der Waals surface area contributed by atoms with Crippen molar-refractivity contribution in [1.82, 2.24) is 0 Å². The van der Waals surface area contributed by atoms with Gasteiger partial charge in [0.2, 0.25) is 0 Å². The summed E-state index contributed by atoms with van der Waals surface area (Å²) in [5.41, 5.74) is 0.194. The van der Waals surface area contributed by atoms with Gasteiger partial charge in [0.15, 0.2) is 12.2 Å². The molecule has 170 valence electrons. The van der Waals surface area contributed by atoms with Crippen LogP contribution in [0.2, 0.25) is 0 Å². The monoisotopic (exact) mass is 426 g/mol. The molecule has 5 atom stereocenters. The van der Waals surface area contributed by atoms with Crippen LogP contribution in [0.15, 0.2) is 11.6 Å². The van der Waals surface area contributed by atoms with Crippen molar-refractivity contribution in [2.75, 3.05) is 7.11 Å². The van der Waals surface area contributed by atoms with E-state index in [1.54, 1.807) is 0 Å². The number of carbonyl (C=O) groups is 4. The molecule has 5 unspecified atom stereocenters. The SMILES string of the molecule is CCC(C)CC(=O)OC1CC(C(=O)OC)=CC(OC(C)=O)C1OC(=O)CC(C)CC. The number of hydrogen-bond donors (Lipinski definition) is 0. The van der Waals surface area contributed by atoms with Crippen LogP contribution < -0.4 is 0 Å². The molecular weight excluding hydrogens is 392 g/mol. The molecule has 30 heavy (non-hydrogen) atoms. The van der Waals surface area contributed by atoms with E-state index in [1.165, 1.54) is 20.1 Å². The standard InChI is InChI=1S/C22H34O8/c1-7-13(3)9-19(24)29-18-12-16(22(26)27-6)11-17(28-15(5)23)21(18)30-20(25)10-14(4)8-2/h11,13-14,17-18,21H,7-10,12H2,1-6H3. The molecule has 1 aliphatic carbocycles. The first-order valence-electron chi connectivity index (χ1n) is 10.5. The molecule has 0 heterocycles. The average Bonchev–Trinajstić information content (AvgIpc) is 2.68. The fourth-order valence-corrected chi connectivity index (χ4v) is 3.01. The van der Waals surface area contributed by atoms with Crippen LogP contribution in [0.5, 0.6) is 0 Å². The van der Waals surface area contributed by atoms with Gasteiger partial charge in [-0.25, -0.2) is 4.79 Å². The van der Waals surface area contributed by atoms with E-state index in [1.807, 2.05) is 27.7 Å². The minimum Gasteiger partial charge on any atom is -0.466 e. The minimum atomic E-state index is -1.06. The van der Waals surface area contributed by atoms with Gasteiger partial charge in [-0.15, -0.1) is 0 Å². The molecule has 0 bridgehead atoms. The van der Waals surface area contributed by atoms with E-state index in [9.17, 15) is 19.2 Å². The molecule has 0 radical (unpaired) electrons. The topological polar surface area (TPSA) is 105 Å². The van der Waals surface area contributed by atoms with Gasteiger partial charge in [-0.2, -0.15) is 0 Å². The Labute approximate surface area is 178 Å². The smallest absolute Gasteiger partial charge is 0.333 e. The Balaban J connectivity index is 3.15. The predicted octanol–water partition coefficient (Wildman–Crippen LogP) is 3.12. The summed E-state index contributed by atoms with van der Waals surface area (Å²) in [6.07, 6.45) is 0.296. The second-order valence-electron chi connectivity index (χ2n) is 7.88. The van der Waals surface area contributed by atoms with E-state index in [0.717, 1.165) is 12.8 Å². The highest BCUT2D eigenvalue weighted by Crippen LogP contribution is 2.29. The maximum atomic E-state index is 12.4. The van der Waals surface area contributed by atoms with Crippen molar-refractivity contribution < 1.29 is 38.1 Å². The van der Waals surface area contributed by atoms with E-state index in [-0.39, 0.29) is 36.7 Å². The lowest BCUT2D eigenvalue weighted by Crippen LogP contribution is -2.48. The predicted molar refractivity (Wildman–Crippen MR) is 108 cm³/mol. The van der Waals surface area contributed by atoms with Gasteiger partial charge in [-0.05, 0) is 17.9 Å². The molecule has 8 heteroatoms. The van der Waals surface area contributed by atoms with E-state index < -0.39 is 42.2 Å². The van der Waals surface area contributed by atoms with Gasteiger partial charge in [-0.1, -0.05) is 40.5 Å². The molecule has 0 fully saturated rings. The Morgan fingerprint density at radius 1 is 0.967 bits per heavy atom. The van der Waals surface area contributed by atoms with E-state index in [4.69, 9.17) is 18.9 Å². The highest BCUT2D eigenvalue weighted by atomic mass is 16.6. The summed E-state index contributed by atoms with van der Waals surface area (Å²) in [5, 5.41) is 0. The number of esters is 4. The Hall–Kier alpha value is -2.38. The molecule has 0 aromatic heterocycles. The first-order valence-corrected chi connectivity index (χ1v) is 10.5. The van der Waals surface area contributed by atoms with Crippen molar-refractivity contribution >= 4 is 23.9 Å². The van der Waals surface area contributed by atoms with Crippen LogP contribution in [0, 0.1) is 11.8 Å². The summed E-state index contributed by atoms with van der Waals surface area (Å²) in [7, 11) is 1.23. The summed E-state index contributed by atoms with van der Waals surface area (Å²) in [4.78, 5) is 48.5. The van der Waals surface area contributed by atoms with Gasteiger partial charge in [-0.3, -0.25) is 14.4 Å². The van der Waals surface area contributed by atoms with Crippen LogP contribution in [0.1, 0.15) is 66.7 Å². The third-order valence-corrected chi connectivity index (χ3v) is 5.20. The van der Waals surface area contributed by atoms with Gasteiger partial charge in [0.05, 0.1) is 7.11 Å². The number of hydrogen-bond acceptors (Lipinski definition) is 8. The van der Waals surface area contributed by atoms with Crippen LogP contribution in [0.25, 0.3) is 0 Å². The third-order valence-electron chi connectivity index (χ3n) is 5.20. The molecule has 0 saturated heterocycles. The molecule has 0 aromatic carbocycles. The molecule has 0 amide bonds. The first-order chi connectivity index (χ1) is 14.1. The lowest BCUT2D eigenvalue weighted by atomic mass is 9.91. The molecular formula is C22H34O8.